The first-order chi connectivity index (χ1) is 12.1. The highest BCUT2D eigenvalue weighted by molar-refractivity contribution is 5.91. The van der Waals surface area contributed by atoms with Crippen LogP contribution < -0.4 is 5.32 Å². The van der Waals surface area contributed by atoms with Crippen LogP contribution in [-0.4, -0.2) is 51.5 Å². The highest BCUT2D eigenvalue weighted by Crippen LogP contribution is 2.18. The lowest BCUT2D eigenvalue weighted by molar-refractivity contribution is 0.0936. The molecule has 1 saturated heterocycles. The second-order valence-electron chi connectivity index (χ2n) is 6.81. The van der Waals surface area contributed by atoms with E-state index >= 15 is 0 Å². The van der Waals surface area contributed by atoms with E-state index in [1.54, 1.807) is 10.9 Å². The molecule has 2 aromatic rings. The van der Waals surface area contributed by atoms with E-state index in [4.69, 9.17) is 0 Å². The van der Waals surface area contributed by atoms with E-state index in [0.29, 0.717) is 18.3 Å². The van der Waals surface area contributed by atoms with Crippen molar-refractivity contribution in [1.82, 2.24) is 25.2 Å². The standard InChI is InChI=1S/C19H27N5O/c1-4-23-11-5-6-17(23)12-20-19(25)18-13-24(22-21-18)15(3)16-9-7-14(2)8-10-16/h7-10,13,15,17H,4-6,11-12H2,1-3H3,(H,20,25)/t15-,17+/m0/s1. The minimum absolute atomic E-state index is 0.0417. The number of amides is 1. The Balaban J connectivity index is 1.60. The maximum absolute atomic E-state index is 12.4. The van der Waals surface area contributed by atoms with Gasteiger partial charge in [-0.05, 0) is 45.3 Å². The summed E-state index contributed by atoms with van der Waals surface area (Å²) in [6.07, 6.45) is 4.08. The van der Waals surface area contributed by atoms with Gasteiger partial charge in [-0.2, -0.15) is 0 Å². The molecule has 1 aliphatic heterocycles. The summed E-state index contributed by atoms with van der Waals surface area (Å²) < 4.78 is 1.74. The normalized spacial score (nSPS) is 19.1. The first-order valence-corrected chi connectivity index (χ1v) is 9.09. The van der Waals surface area contributed by atoms with Crippen molar-refractivity contribution < 1.29 is 4.79 Å². The summed E-state index contributed by atoms with van der Waals surface area (Å²) in [5, 5.41) is 11.2. The molecule has 25 heavy (non-hydrogen) atoms. The number of likely N-dealkylation sites (tertiary alicyclic amines) is 1. The molecule has 2 atom stereocenters. The zero-order valence-electron chi connectivity index (χ0n) is 15.3. The summed E-state index contributed by atoms with van der Waals surface area (Å²) in [6, 6.07) is 8.81. The van der Waals surface area contributed by atoms with Crippen LogP contribution >= 0.6 is 0 Å². The van der Waals surface area contributed by atoms with Gasteiger partial charge in [-0.25, -0.2) is 4.68 Å². The van der Waals surface area contributed by atoms with Gasteiger partial charge in [0.15, 0.2) is 5.69 Å². The molecule has 134 valence electrons. The SMILES string of the molecule is CCN1CCC[C@@H]1CNC(=O)c1cn([C@@H](C)c2ccc(C)cc2)nn1. The molecular weight excluding hydrogens is 314 g/mol. The highest BCUT2D eigenvalue weighted by atomic mass is 16.2. The number of hydrogen-bond donors (Lipinski definition) is 1. The second kappa shape index (κ2) is 7.78. The van der Waals surface area contributed by atoms with Crippen LogP contribution in [0.3, 0.4) is 0 Å². The molecule has 0 bridgehead atoms. The molecule has 6 nitrogen and oxygen atoms in total. The molecule has 1 fully saturated rings. The number of aryl methyl sites for hydroxylation is 1. The van der Waals surface area contributed by atoms with Crippen LogP contribution in [0.2, 0.25) is 0 Å². The summed E-state index contributed by atoms with van der Waals surface area (Å²) in [5.41, 5.74) is 2.75. The second-order valence-corrected chi connectivity index (χ2v) is 6.81. The minimum Gasteiger partial charge on any atom is -0.349 e. The van der Waals surface area contributed by atoms with Gasteiger partial charge in [0.05, 0.1) is 12.2 Å². The van der Waals surface area contributed by atoms with E-state index < -0.39 is 0 Å². The maximum atomic E-state index is 12.4. The van der Waals surface area contributed by atoms with E-state index in [9.17, 15) is 4.79 Å². The van der Waals surface area contributed by atoms with Crippen molar-refractivity contribution in [2.75, 3.05) is 19.6 Å². The molecule has 2 heterocycles. The van der Waals surface area contributed by atoms with Crippen molar-refractivity contribution in [2.45, 2.75) is 45.7 Å². The molecule has 0 aliphatic carbocycles. The van der Waals surface area contributed by atoms with E-state index in [1.165, 1.54) is 12.0 Å². The van der Waals surface area contributed by atoms with Crippen LogP contribution in [0.15, 0.2) is 30.5 Å². The lowest BCUT2D eigenvalue weighted by Crippen LogP contribution is -2.40. The Labute approximate surface area is 149 Å². The maximum Gasteiger partial charge on any atom is 0.273 e. The Bertz CT molecular complexity index is 709. The van der Waals surface area contributed by atoms with Gasteiger partial charge in [0.1, 0.15) is 0 Å². The Morgan fingerprint density at radius 1 is 1.36 bits per heavy atom. The summed E-state index contributed by atoms with van der Waals surface area (Å²) in [6.45, 7) is 9.12. The molecule has 1 amide bonds. The van der Waals surface area contributed by atoms with Crippen LogP contribution in [0.1, 0.15) is 54.3 Å². The zero-order valence-corrected chi connectivity index (χ0v) is 15.3. The number of nitrogens with one attached hydrogen (secondary N) is 1. The van der Waals surface area contributed by atoms with Crippen molar-refractivity contribution in [1.29, 1.82) is 0 Å². The Kier molecular flexibility index (Phi) is 5.48. The molecule has 0 unspecified atom stereocenters. The number of carbonyl (C=O) groups excluding carboxylic acids is 1. The third-order valence-electron chi connectivity index (χ3n) is 5.10. The van der Waals surface area contributed by atoms with Gasteiger partial charge in [-0.3, -0.25) is 9.69 Å². The van der Waals surface area contributed by atoms with Gasteiger partial charge >= 0.3 is 0 Å². The average molecular weight is 341 g/mol. The van der Waals surface area contributed by atoms with Crippen molar-refractivity contribution >= 4 is 5.91 Å². The molecule has 1 aliphatic rings. The number of rotatable bonds is 6. The molecule has 0 radical (unpaired) electrons. The molecule has 0 spiro atoms. The van der Waals surface area contributed by atoms with Crippen molar-refractivity contribution in [2.24, 2.45) is 0 Å². The van der Waals surface area contributed by atoms with E-state index in [2.05, 4.69) is 65.6 Å². The van der Waals surface area contributed by atoms with Crippen LogP contribution in [0, 0.1) is 6.92 Å². The van der Waals surface area contributed by atoms with Crippen LogP contribution in [0.25, 0.3) is 0 Å². The zero-order chi connectivity index (χ0) is 17.8. The fourth-order valence-electron chi connectivity index (χ4n) is 3.41. The third kappa shape index (κ3) is 4.07. The number of likely N-dealkylation sites (N-methyl/N-ethyl adjacent to an activating group) is 1. The molecule has 1 aromatic heterocycles. The number of nitrogens with zero attached hydrogens (tertiary/aromatic N) is 4. The van der Waals surface area contributed by atoms with E-state index in [0.717, 1.165) is 25.1 Å². The Morgan fingerprint density at radius 3 is 2.84 bits per heavy atom. The first kappa shape index (κ1) is 17.6. The number of aromatic nitrogens is 3. The van der Waals surface area contributed by atoms with Crippen molar-refractivity contribution in [3.05, 3.63) is 47.3 Å². The molecule has 0 saturated carbocycles. The van der Waals surface area contributed by atoms with Gasteiger partial charge in [-0.1, -0.05) is 42.0 Å². The number of benzene rings is 1. The lowest BCUT2D eigenvalue weighted by Gasteiger charge is -2.22. The van der Waals surface area contributed by atoms with E-state index in [-0.39, 0.29) is 11.9 Å². The number of carbonyl (C=O) groups is 1. The topological polar surface area (TPSA) is 63.1 Å². The van der Waals surface area contributed by atoms with Crippen molar-refractivity contribution in [3.63, 3.8) is 0 Å². The fraction of sp³-hybridized carbons (Fsp3) is 0.526. The molecular formula is C19H27N5O. The van der Waals surface area contributed by atoms with Gasteiger partial charge in [0, 0.05) is 12.6 Å². The largest absolute Gasteiger partial charge is 0.349 e. The summed E-state index contributed by atoms with van der Waals surface area (Å²) in [7, 11) is 0. The first-order valence-electron chi connectivity index (χ1n) is 9.09. The van der Waals surface area contributed by atoms with Crippen LogP contribution in [0.4, 0.5) is 0 Å². The highest BCUT2D eigenvalue weighted by Gasteiger charge is 2.24. The summed E-state index contributed by atoms with van der Waals surface area (Å²) >= 11 is 0. The Hall–Kier alpha value is -2.21. The molecule has 3 rings (SSSR count). The Morgan fingerprint density at radius 2 is 2.12 bits per heavy atom. The summed E-state index contributed by atoms with van der Waals surface area (Å²) in [5.74, 6) is -0.148. The molecule has 1 N–H and O–H groups in total. The van der Waals surface area contributed by atoms with Gasteiger partial charge in [-0.15, -0.1) is 5.10 Å². The van der Waals surface area contributed by atoms with Crippen LogP contribution in [-0.2, 0) is 0 Å². The van der Waals surface area contributed by atoms with E-state index in [1.807, 2.05) is 0 Å². The fourth-order valence-corrected chi connectivity index (χ4v) is 3.41. The van der Waals surface area contributed by atoms with Gasteiger partial charge < -0.3 is 5.32 Å². The van der Waals surface area contributed by atoms with Gasteiger partial charge in [0.25, 0.3) is 5.91 Å². The molecule has 6 heteroatoms. The monoisotopic (exact) mass is 341 g/mol. The minimum atomic E-state index is -0.148. The third-order valence-corrected chi connectivity index (χ3v) is 5.10. The van der Waals surface area contributed by atoms with Crippen molar-refractivity contribution in [3.8, 4) is 0 Å². The lowest BCUT2D eigenvalue weighted by atomic mass is 10.1. The number of hydrogen-bond acceptors (Lipinski definition) is 4. The predicted octanol–water partition coefficient (Wildman–Crippen LogP) is 2.41. The molecule has 1 aromatic carbocycles. The predicted molar refractivity (Wildman–Crippen MR) is 97.6 cm³/mol. The quantitative estimate of drug-likeness (QED) is 0.876. The summed E-state index contributed by atoms with van der Waals surface area (Å²) in [4.78, 5) is 14.8. The van der Waals surface area contributed by atoms with Gasteiger partial charge in [0.2, 0.25) is 0 Å². The average Bonchev–Trinajstić information content (AvgIpc) is 3.29. The smallest absolute Gasteiger partial charge is 0.273 e. The van der Waals surface area contributed by atoms with Crippen LogP contribution in [0.5, 0.6) is 0 Å².